The van der Waals surface area contributed by atoms with Gasteiger partial charge in [0.15, 0.2) is 0 Å². The molecule has 2 rings (SSSR count). The Morgan fingerprint density at radius 3 is 2.76 bits per heavy atom. The average Bonchev–Trinajstić information content (AvgIpc) is 2.49. The van der Waals surface area contributed by atoms with Crippen LogP contribution in [0, 0.1) is 15.9 Å². The lowest BCUT2D eigenvalue weighted by Crippen LogP contribution is -2.15. The van der Waals surface area contributed by atoms with Gasteiger partial charge in [-0.3, -0.25) is 19.9 Å². The lowest BCUT2D eigenvalue weighted by molar-refractivity contribution is -0.384. The van der Waals surface area contributed by atoms with Gasteiger partial charge in [-0.25, -0.2) is 4.39 Å². The monoisotopic (exact) mass is 290 g/mol. The van der Waals surface area contributed by atoms with E-state index in [4.69, 9.17) is 0 Å². The van der Waals surface area contributed by atoms with E-state index in [-0.39, 0.29) is 17.1 Å². The third-order valence-corrected chi connectivity index (χ3v) is 2.69. The van der Waals surface area contributed by atoms with Gasteiger partial charge in [0, 0.05) is 31.1 Å². The van der Waals surface area contributed by atoms with Crippen LogP contribution in [0.25, 0.3) is 0 Å². The highest BCUT2D eigenvalue weighted by molar-refractivity contribution is 6.03. The zero-order valence-corrected chi connectivity index (χ0v) is 11.0. The van der Waals surface area contributed by atoms with Gasteiger partial charge < -0.3 is 10.6 Å². The standard InChI is InChI=1S/C13H11FN4O3/c1-15-8-4-5-16-12(6-8)13(19)17-11-7-9(18(20)21)2-3-10(11)14/h2-7H,1H3,(H,15,16)(H,17,19). The van der Waals surface area contributed by atoms with Crippen molar-refractivity contribution in [2.75, 3.05) is 17.7 Å². The van der Waals surface area contributed by atoms with Gasteiger partial charge in [-0.2, -0.15) is 0 Å². The molecule has 2 aromatic rings. The first kappa shape index (κ1) is 14.4. The predicted molar refractivity (Wildman–Crippen MR) is 74.8 cm³/mol. The summed E-state index contributed by atoms with van der Waals surface area (Å²) < 4.78 is 13.6. The van der Waals surface area contributed by atoms with Crippen LogP contribution in [0.1, 0.15) is 10.5 Å². The smallest absolute Gasteiger partial charge is 0.274 e. The van der Waals surface area contributed by atoms with Crippen LogP contribution in [-0.4, -0.2) is 22.9 Å². The second-order valence-electron chi connectivity index (χ2n) is 4.06. The van der Waals surface area contributed by atoms with E-state index in [1.54, 1.807) is 13.1 Å². The van der Waals surface area contributed by atoms with Crippen LogP contribution in [0.15, 0.2) is 36.5 Å². The number of pyridine rings is 1. The van der Waals surface area contributed by atoms with E-state index in [1.165, 1.54) is 12.3 Å². The number of aromatic nitrogens is 1. The molecule has 0 bridgehead atoms. The lowest BCUT2D eigenvalue weighted by atomic mass is 10.2. The maximum atomic E-state index is 13.6. The van der Waals surface area contributed by atoms with Crippen molar-refractivity contribution in [3.63, 3.8) is 0 Å². The molecule has 7 nitrogen and oxygen atoms in total. The Labute approximate surface area is 119 Å². The van der Waals surface area contributed by atoms with Gasteiger partial charge in [-0.05, 0) is 18.2 Å². The number of hydrogen-bond donors (Lipinski definition) is 2. The third-order valence-electron chi connectivity index (χ3n) is 2.69. The molecule has 0 fully saturated rings. The number of rotatable bonds is 4. The zero-order chi connectivity index (χ0) is 15.4. The molecule has 0 aliphatic heterocycles. The molecular weight excluding hydrogens is 279 g/mol. The topological polar surface area (TPSA) is 97.2 Å². The Bertz CT molecular complexity index is 706. The third kappa shape index (κ3) is 3.30. The number of nitrogens with one attached hydrogen (secondary N) is 2. The van der Waals surface area contributed by atoms with Crippen molar-refractivity contribution in [2.45, 2.75) is 0 Å². The fourth-order valence-electron chi connectivity index (χ4n) is 1.62. The minimum atomic E-state index is -0.765. The Hall–Kier alpha value is -3.03. The largest absolute Gasteiger partial charge is 0.388 e. The summed E-state index contributed by atoms with van der Waals surface area (Å²) >= 11 is 0. The molecule has 0 radical (unpaired) electrons. The summed E-state index contributed by atoms with van der Waals surface area (Å²) in [6.45, 7) is 0. The fourth-order valence-corrected chi connectivity index (χ4v) is 1.62. The molecule has 0 aliphatic carbocycles. The van der Waals surface area contributed by atoms with Crippen molar-refractivity contribution < 1.29 is 14.1 Å². The predicted octanol–water partition coefficient (Wildman–Crippen LogP) is 2.42. The number of nitro groups is 1. The number of halogens is 1. The van der Waals surface area contributed by atoms with E-state index in [0.29, 0.717) is 5.69 Å². The molecule has 0 unspecified atom stereocenters. The van der Waals surface area contributed by atoms with E-state index in [0.717, 1.165) is 18.2 Å². The van der Waals surface area contributed by atoms with Crippen molar-refractivity contribution >= 4 is 23.0 Å². The van der Waals surface area contributed by atoms with Gasteiger partial charge in [-0.15, -0.1) is 0 Å². The first-order valence-electron chi connectivity index (χ1n) is 5.90. The summed E-state index contributed by atoms with van der Waals surface area (Å²) in [7, 11) is 1.68. The Morgan fingerprint density at radius 2 is 2.10 bits per heavy atom. The molecule has 2 N–H and O–H groups in total. The molecule has 21 heavy (non-hydrogen) atoms. The molecule has 0 saturated carbocycles. The number of non-ortho nitro benzene ring substituents is 1. The first-order valence-corrected chi connectivity index (χ1v) is 5.90. The lowest BCUT2D eigenvalue weighted by Gasteiger charge is -2.07. The van der Waals surface area contributed by atoms with Crippen LogP contribution >= 0.6 is 0 Å². The first-order chi connectivity index (χ1) is 10.0. The molecule has 1 aromatic heterocycles. The van der Waals surface area contributed by atoms with Gasteiger partial charge in [0.1, 0.15) is 11.5 Å². The molecule has 0 aliphatic rings. The highest BCUT2D eigenvalue weighted by atomic mass is 19.1. The summed E-state index contributed by atoms with van der Waals surface area (Å²) in [6.07, 6.45) is 1.42. The normalized spacial score (nSPS) is 10.0. The minimum Gasteiger partial charge on any atom is -0.388 e. The quantitative estimate of drug-likeness (QED) is 0.665. The maximum Gasteiger partial charge on any atom is 0.274 e. The van der Waals surface area contributed by atoms with E-state index in [9.17, 15) is 19.3 Å². The molecule has 1 amide bonds. The van der Waals surface area contributed by atoms with Crippen molar-refractivity contribution in [2.24, 2.45) is 0 Å². The molecule has 0 saturated heterocycles. The number of hydrogen-bond acceptors (Lipinski definition) is 5. The maximum absolute atomic E-state index is 13.6. The van der Waals surface area contributed by atoms with Crippen LogP contribution < -0.4 is 10.6 Å². The minimum absolute atomic E-state index is 0.0627. The van der Waals surface area contributed by atoms with Gasteiger partial charge in [0.05, 0.1) is 10.6 Å². The Morgan fingerprint density at radius 1 is 1.33 bits per heavy atom. The van der Waals surface area contributed by atoms with Crippen molar-refractivity contribution in [1.29, 1.82) is 0 Å². The molecule has 0 atom stereocenters. The van der Waals surface area contributed by atoms with Crippen LogP contribution in [0.4, 0.5) is 21.5 Å². The second kappa shape index (κ2) is 5.95. The number of carbonyl (C=O) groups excluding carboxylic acids is 1. The molecule has 108 valence electrons. The van der Waals surface area contributed by atoms with Gasteiger partial charge in [0.25, 0.3) is 11.6 Å². The van der Waals surface area contributed by atoms with E-state index in [1.807, 2.05) is 0 Å². The number of benzene rings is 1. The Kier molecular flexibility index (Phi) is 4.07. The Balaban J connectivity index is 2.26. The van der Waals surface area contributed by atoms with Gasteiger partial charge in [-0.1, -0.05) is 0 Å². The summed E-state index contributed by atoms with van der Waals surface area (Å²) in [5.41, 5.74) is 0.136. The van der Waals surface area contributed by atoms with E-state index >= 15 is 0 Å². The number of nitrogens with zero attached hydrogens (tertiary/aromatic N) is 2. The highest BCUT2D eigenvalue weighted by Gasteiger charge is 2.15. The molecule has 0 spiro atoms. The molecular formula is C13H11FN4O3. The summed E-state index contributed by atoms with van der Waals surface area (Å²) in [5, 5.41) is 15.8. The number of carbonyl (C=O) groups is 1. The number of amides is 1. The van der Waals surface area contributed by atoms with Crippen LogP contribution in [-0.2, 0) is 0 Å². The van der Waals surface area contributed by atoms with Crippen LogP contribution in [0.3, 0.4) is 0 Å². The van der Waals surface area contributed by atoms with Crippen molar-refractivity contribution in [3.05, 3.63) is 58.2 Å². The van der Waals surface area contributed by atoms with Crippen molar-refractivity contribution in [3.8, 4) is 0 Å². The van der Waals surface area contributed by atoms with E-state index in [2.05, 4.69) is 15.6 Å². The van der Waals surface area contributed by atoms with E-state index < -0.39 is 16.6 Å². The highest BCUT2D eigenvalue weighted by Crippen LogP contribution is 2.21. The van der Waals surface area contributed by atoms with Gasteiger partial charge in [0.2, 0.25) is 0 Å². The van der Waals surface area contributed by atoms with Crippen molar-refractivity contribution in [1.82, 2.24) is 4.98 Å². The van der Waals surface area contributed by atoms with Crippen LogP contribution in [0.5, 0.6) is 0 Å². The summed E-state index contributed by atoms with van der Waals surface area (Å²) in [5.74, 6) is -1.43. The van der Waals surface area contributed by atoms with Gasteiger partial charge >= 0.3 is 0 Å². The fraction of sp³-hybridized carbons (Fsp3) is 0.0769. The molecule has 1 heterocycles. The molecule has 1 aromatic carbocycles. The number of anilines is 2. The summed E-state index contributed by atoms with van der Waals surface area (Å²) in [4.78, 5) is 25.8. The SMILES string of the molecule is CNc1ccnc(C(=O)Nc2cc([N+](=O)[O-])ccc2F)c1. The summed E-state index contributed by atoms with van der Waals surface area (Å²) in [6, 6.07) is 6.03. The molecule has 8 heteroatoms. The second-order valence-corrected chi connectivity index (χ2v) is 4.06. The number of nitro benzene ring substituents is 1. The van der Waals surface area contributed by atoms with Crippen LogP contribution in [0.2, 0.25) is 0 Å². The zero-order valence-electron chi connectivity index (χ0n) is 11.0. The average molecular weight is 290 g/mol.